The first kappa shape index (κ1) is 12.4. The highest BCUT2D eigenvalue weighted by Gasteiger charge is 2.27. The molecule has 19 heavy (non-hydrogen) atoms. The van der Waals surface area contributed by atoms with Crippen molar-refractivity contribution in [1.29, 1.82) is 0 Å². The highest BCUT2D eigenvalue weighted by molar-refractivity contribution is 9.10. The molecular formula is C15H13BrN2O. The average molecular weight is 317 g/mol. The molecule has 1 unspecified atom stereocenters. The van der Waals surface area contributed by atoms with E-state index in [4.69, 9.17) is 0 Å². The number of para-hydroxylation sites is 1. The predicted octanol–water partition coefficient (Wildman–Crippen LogP) is 3.17. The zero-order chi connectivity index (χ0) is 13.2. The maximum absolute atomic E-state index is 12.4. The van der Waals surface area contributed by atoms with Crippen LogP contribution in [0.15, 0.2) is 47.2 Å². The summed E-state index contributed by atoms with van der Waals surface area (Å²) in [4.78, 5) is 16.5. The molecular weight excluding hydrogens is 304 g/mol. The number of nitrogens with zero attached hydrogens (tertiary/aromatic N) is 1. The lowest BCUT2D eigenvalue weighted by molar-refractivity contribution is -0.119. The number of hydrogen-bond acceptors (Lipinski definition) is 3. The number of fused-ring (bicyclic) bond motifs is 1. The largest absolute Gasteiger partial charge is 0.384 e. The molecule has 2 heterocycles. The van der Waals surface area contributed by atoms with Gasteiger partial charge in [0.15, 0.2) is 0 Å². The molecule has 0 amide bonds. The maximum Gasteiger partial charge on any atom is 0.146 e. The summed E-state index contributed by atoms with van der Waals surface area (Å²) in [7, 11) is 0. The molecule has 3 nitrogen and oxygen atoms in total. The van der Waals surface area contributed by atoms with Gasteiger partial charge in [-0.15, -0.1) is 0 Å². The lowest BCUT2D eigenvalue weighted by Crippen LogP contribution is -2.16. The summed E-state index contributed by atoms with van der Waals surface area (Å²) < 4.78 is 0.905. The van der Waals surface area contributed by atoms with Crippen LogP contribution < -0.4 is 5.32 Å². The van der Waals surface area contributed by atoms with Crippen molar-refractivity contribution in [3.05, 3.63) is 58.3 Å². The van der Waals surface area contributed by atoms with Gasteiger partial charge in [-0.2, -0.15) is 0 Å². The molecule has 2 aromatic rings. The van der Waals surface area contributed by atoms with Crippen molar-refractivity contribution in [2.45, 2.75) is 12.3 Å². The topological polar surface area (TPSA) is 42.0 Å². The first-order valence-electron chi connectivity index (χ1n) is 6.19. The Morgan fingerprint density at radius 2 is 2.21 bits per heavy atom. The Balaban J connectivity index is 1.79. The van der Waals surface area contributed by atoms with Crippen LogP contribution in [0.1, 0.15) is 17.0 Å². The van der Waals surface area contributed by atoms with Gasteiger partial charge in [0.05, 0.1) is 5.92 Å². The van der Waals surface area contributed by atoms with Gasteiger partial charge in [-0.1, -0.05) is 18.2 Å². The SMILES string of the molecule is O=C(Cc1cncc(Br)c1)C1CNc2ccccc21. The first-order valence-corrected chi connectivity index (χ1v) is 6.98. The quantitative estimate of drug-likeness (QED) is 0.945. The summed E-state index contributed by atoms with van der Waals surface area (Å²) in [5, 5.41) is 3.28. The van der Waals surface area contributed by atoms with Crippen molar-refractivity contribution in [3.8, 4) is 0 Å². The van der Waals surface area contributed by atoms with E-state index in [0.717, 1.165) is 21.3 Å². The molecule has 0 saturated heterocycles. The molecule has 1 aromatic carbocycles. The Kier molecular flexibility index (Phi) is 3.34. The van der Waals surface area contributed by atoms with Crippen molar-refractivity contribution in [2.24, 2.45) is 0 Å². The fraction of sp³-hybridized carbons (Fsp3) is 0.200. The molecule has 1 N–H and O–H groups in total. The molecule has 0 saturated carbocycles. The Bertz CT molecular complexity index is 627. The van der Waals surface area contributed by atoms with Crippen LogP contribution in [-0.2, 0) is 11.2 Å². The molecule has 1 aliphatic rings. The minimum absolute atomic E-state index is 0.0461. The highest BCUT2D eigenvalue weighted by atomic mass is 79.9. The number of carbonyl (C=O) groups is 1. The van der Waals surface area contributed by atoms with E-state index in [0.29, 0.717) is 13.0 Å². The van der Waals surface area contributed by atoms with Crippen molar-refractivity contribution < 1.29 is 4.79 Å². The molecule has 0 fully saturated rings. The van der Waals surface area contributed by atoms with Gasteiger partial charge < -0.3 is 5.32 Å². The minimum atomic E-state index is -0.0461. The molecule has 96 valence electrons. The van der Waals surface area contributed by atoms with E-state index in [2.05, 4.69) is 26.2 Å². The predicted molar refractivity (Wildman–Crippen MR) is 78.3 cm³/mol. The Morgan fingerprint density at radius 1 is 1.37 bits per heavy atom. The average Bonchev–Trinajstić information content (AvgIpc) is 2.82. The van der Waals surface area contributed by atoms with Gasteiger partial charge in [-0.3, -0.25) is 9.78 Å². The minimum Gasteiger partial charge on any atom is -0.384 e. The molecule has 0 bridgehead atoms. The van der Waals surface area contributed by atoms with Crippen molar-refractivity contribution in [3.63, 3.8) is 0 Å². The molecule has 0 spiro atoms. The maximum atomic E-state index is 12.4. The van der Waals surface area contributed by atoms with E-state index in [9.17, 15) is 4.79 Å². The highest BCUT2D eigenvalue weighted by Crippen LogP contribution is 2.32. The van der Waals surface area contributed by atoms with Gasteiger partial charge in [-0.25, -0.2) is 0 Å². The number of pyridine rings is 1. The first-order chi connectivity index (χ1) is 9.24. The number of carbonyl (C=O) groups excluding carboxylic acids is 1. The lowest BCUT2D eigenvalue weighted by Gasteiger charge is -2.09. The number of anilines is 1. The van der Waals surface area contributed by atoms with Gasteiger partial charge in [0, 0.05) is 35.5 Å². The van der Waals surface area contributed by atoms with Crippen LogP contribution >= 0.6 is 15.9 Å². The third-order valence-electron chi connectivity index (χ3n) is 3.36. The van der Waals surface area contributed by atoms with E-state index in [1.54, 1.807) is 12.4 Å². The Morgan fingerprint density at radius 3 is 3.05 bits per heavy atom. The Hall–Kier alpha value is -1.68. The van der Waals surface area contributed by atoms with Crippen LogP contribution in [0.25, 0.3) is 0 Å². The van der Waals surface area contributed by atoms with E-state index in [1.807, 2.05) is 30.3 Å². The van der Waals surface area contributed by atoms with Gasteiger partial charge in [0.1, 0.15) is 5.78 Å². The van der Waals surface area contributed by atoms with Crippen molar-refractivity contribution >= 4 is 27.4 Å². The summed E-state index contributed by atoms with van der Waals surface area (Å²) in [6.45, 7) is 0.694. The summed E-state index contributed by atoms with van der Waals surface area (Å²) in [5.41, 5.74) is 3.13. The fourth-order valence-corrected chi connectivity index (χ4v) is 2.86. The lowest BCUT2D eigenvalue weighted by atomic mass is 9.93. The smallest absolute Gasteiger partial charge is 0.146 e. The number of aromatic nitrogens is 1. The number of Topliss-reactive ketones (excluding diaryl/α,β-unsaturated/α-hetero) is 1. The van der Waals surface area contributed by atoms with E-state index >= 15 is 0 Å². The number of rotatable bonds is 3. The van der Waals surface area contributed by atoms with Gasteiger partial charge in [0.2, 0.25) is 0 Å². The van der Waals surface area contributed by atoms with Crippen LogP contribution in [0.5, 0.6) is 0 Å². The van der Waals surface area contributed by atoms with Crippen LogP contribution in [-0.4, -0.2) is 17.3 Å². The number of hydrogen-bond donors (Lipinski definition) is 1. The second-order valence-electron chi connectivity index (χ2n) is 4.68. The number of nitrogens with one attached hydrogen (secondary N) is 1. The van der Waals surface area contributed by atoms with Crippen molar-refractivity contribution in [2.75, 3.05) is 11.9 Å². The second kappa shape index (κ2) is 5.13. The summed E-state index contributed by atoms with van der Waals surface area (Å²) in [6.07, 6.45) is 3.89. The van der Waals surface area contributed by atoms with E-state index < -0.39 is 0 Å². The molecule has 1 atom stereocenters. The summed E-state index contributed by atoms with van der Waals surface area (Å²) in [5.74, 6) is 0.188. The molecule has 4 heteroatoms. The van der Waals surface area contributed by atoms with Crippen molar-refractivity contribution in [1.82, 2.24) is 4.98 Å². The van der Waals surface area contributed by atoms with E-state index in [-0.39, 0.29) is 11.7 Å². The second-order valence-corrected chi connectivity index (χ2v) is 5.59. The number of halogens is 1. The van der Waals surface area contributed by atoms with E-state index in [1.165, 1.54) is 0 Å². The normalized spacial score (nSPS) is 16.8. The number of benzene rings is 1. The molecule has 1 aliphatic heterocycles. The van der Waals surface area contributed by atoms with Gasteiger partial charge >= 0.3 is 0 Å². The summed E-state index contributed by atoms with van der Waals surface area (Å²) in [6, 6.07) is 9.95. The zero-order valence-electron chi connectivity index (χ0n) is 10.3. The number of ketones is 1. The fourth-order valence-electron chi connectivity index (χ4n) is 2.45. The van der Waals surface area contributed by atoms with Crippen LogP contribution in [0.3, 0.4) is 0 Å². The monoisotopic (exact) mass is 316 g/mol. The molecule has 3 rings (SSSR count). The van der Waals surface area contributed by atoms with Crippen LogP contribution in [0.2, 0.25) is 0 Å². The standard InChI is InChI=1S/C15H13BrN2O/c16-11-5-10(7-17-8-11)6-15(19)13-9-18-14-4-2-1-3-12(13)14/h1-5,7-8,13,18H,6,9H2. The van der Waals surface area contributed by atoms with Crippen LogP contribution in [0, 0.1) is 0 Å². The third kappa shape index (κ3) is 2.54. The molecule has 0 radical (unpaired) electrons. The summed E-state index contributed by atoms with van der Waals surface area (Å²) >= 11 is 3.38. The molecule has 1 aromatic heterocycles. The van der Waals surface area contributed by atoms with Gasteiger partial charge in [0.25, 0.3) is 0 Å². The van der Waals surface area contributed by atoms with Gasteiger partial charge in [-0.05, 0) is 39.2 Å². The Labute approximate surface area is 120 Å². The van der Waals surface area contributed by atoms with Crippen LogP contribution in [0.4, 0.5) is 5.69 Å². The zero-order valence-corrected chi connectivity index (χ0v) is 11.9. The third-order valence-corrected chi connectivity index (χ3v) is 3.80. The molecule has 0 aliphatic carbocycles.